The number of hydrogen-bond donors (Lipinski definition) is 1. The fourth-order valence-corrected chi connectivity index (χ4v) is 5.44. The fraction of sp³-hybridized carbons (Fsp3) is 0.250. The minimum absolute atomic E-state index is 0.110. The van der Waals surface area contributed by atoms with Gasteiger partial charge in [0, 0.05) is 22.3 Å². The lowest BCUT2D eigenvalue weighted by molar-refractivity contribution is -0.124. The maximum absolute atomic E-state index is 13.7. The van der Waals surface area contributed by atoms with E-state index >= 15 is 0 Å². The molecule has 3 aromatic rings. The van der Waals surface area contributed by atoms with E-state index in [9.17, 15) is 9.59 Å². The Bertz CT molecular complexity index is 1390. The second-order valence-electron chi connectivity index (χ2n) is 8.68. The van der Waals surface area contributed by atoms with Crippen molar-refractivity contribution in [3.05, 3.63) is 81.3 Å². The number of amides is 2. The molecule has 0 saturated carbocycles. The average molecular weight is 607 g/mol. The number of carbonyl (C=O) groups is 2. The zero-order valence-corrected chi connectivity index (χ0v) is 24.3. The van der Waals surface area contributed by atoms with Crippen LogP contribution >= 0.6 is 47.0 Å². The minimum Gasteiger partial charge on any atom is -0.495 e. The molecule has 1 heterocycles. The van der Waals surface area contributed by atoms with Gasteiger partial charge in [0.15, 0.2) is 5.11 Å². The molecule has 0 aromatic heterocycles. The molecule has 0 radical (unpaired) electrons. The molecule has 4 rings (SSSR count). The van der Waals surface area contributed by atoms with Crippen LogP contribution in [-0.4, -0.2) is 48.1 Å². The summed E-state index contributed by atoms with van der Waals surface area (Å²) >= 11 is 24.5. The van der Waals surface area contributed by atoms with Crippen molar-refractivity contribution in [2.24, 2.45) is 0 Å². The van der Waals surface area contributed by atoms with Crippen LogP contribution in [-0.2, 0) is 16.0 Å². The summed E-state index contributed by atoms with van der Waals surface area (Å²) in [5, 5.41) is 4.50. The zero-order chi connectivity index (χ0) is 28.1. The van der Waals surface area contributed by atoms with E-state index in [1.54, 1.807) is 59.5 Å². The molecule has 39 heavy (non-hydrogen) atoms. The second kappa shape index (κ2) is 12.9. The van der Waals surface area contributed by atoms with Gasteiger partial charge < -0.3 is 19.7 Å². The Labute approximate surface area is 247 Å². The molecule has 2 amide bonds. The Balaban J connectivity index is 1.57. The number of carbonyl (C=O) groups excluding carboxylic acids is 2. The first-order valence-electron chi connectivity index (χ1n) is 12.2. The molecule has 1 aliphatic rings. The molecule has 11 heteroatoms. The van der Waals surface area contributed by atoms with Crippen LogP contribution in [0, 0.1) is 0 Å². The van der Waals surface area contributed by atoms with Gasteiger partial charge in [-0.3, -0.25) is 14.5 Å². The van der Waals surface area contributed by atoms with E-state index in [-0.39, 0.29) is 23.3 Å². The van der Waals surface area contributed by atoms with E-state index in [0.717, 1.165) is 5.56 Å². The lowest BCUT2D eigenvalue weighted by Gasteiger charge is -2.24. The van der Waals surface area contributed by atoms with Crippen molar-refractivity contribution in [3.63, 3.8) is 0 Å². The molecule has 1 atom stereocenters. The van der Waals surface area contributed by atoms with Crippen molar-refractivity contribution in [1.29, 1.82) is 0 Å². The highest BCUT2D eigenvalue weighted by Crippen LogP contribution is 2.34. The maximum atomic E-state index is 13.7. The fourth-order valence-electron chi connectivity index (χ4n) is 4.27. The molecular formula is C28H26Cl3N3O4S. The number of halogens is 3. The summed E-state index contributed by atoms with van der Waals surface area (Å²) in [6, 6.07) is 16.4. The number of nitrogens with zero attached hydrogens (tertiary/aromatic N) is 2. The summed E-state index contributed by atoms with van der Waals surface area (Å²) in [4.78, 5) is 29.9. The molecule has 1 fully saturated rings. The Morgan fingerprint density at radius 3 is 2.41 bits per heavy atom. The van der Waals surface area contributed by atoms with Crippen molar-refractivity contribution in [1.82, 2.24) is 4.90 Å². The summed E-state index contributed by atoms with van der Waals surface area (Å²) in [5.41, 5.74) is 1.93. The van der Waals surface area contributed by atoms with Crippen molar-refractivity contribution < 1.29 is 19.1 Å². The molecule has 0 bridgehead atoms. The molecule has 1 aliphatic heterocycles. The lowest BCUT2D eigenvalue weighted by atomic mass is 10.1. The number of benzene rings is 3. The first-order valence-corrected chi connectivity index (χ1v) is 13.7. The molecule has 0 aliphatic carbocycles. The van der Waals surface area contributed by atoms with Gasteiger partial charge in [-0.25, -0.2) is 0 Å². The quantitative estimate of drug-likeness (QED) is 0.261. The average Bonchev–Trinajstić information content (AvgIpc) is 3.13. The van der Waals surface area contributed by atoms with E-state index in [4.69, 9.17) is 56.5 Å². The molecule has 0 unspecified atom stereocenters. The van der Waals surface area contributed by atoms with Gasteiger partial charge in [0.05, 0.1) is 30.8 Å². The number of rotatable bonds is 10. The Morgan fingerprint density at radius 2 is 1.77 bits per heavy atom. The smallest absolute Gasteiger partial charge is 0.256 e. The third-order valence-corrected chi connectivity index (χ3v) is 7.48. The molecule has 204 valence electrons. The molecule has 0 spiro atoms. The normalized spacial score (nSPS) is 15.1. The van der Waals surface area contributed by atoms with Gasteiger partial charge in [0.1, 0.15) is 17.5 Å². The van der Waals surface area contributed by atoms with Crippen molar-refractivity contribution >= 4 is 75.3 Å². The van der Waals surface area contributed by atoms with Crippen LogP contribution < -0.4 is 19.7 Å². The lowest BCUT2D eigenvalue weighted by Crippen LogP contribution is -2.39. The monoisotopic (exact) mass is 605 g/mol. The highest BCUT2D eigenvalue weighted by atomic mass is 35.5. The number of methoxy groups -OCH3 is 1. The second-order valence-corrected chi connectivity index (χ2v) is 10.3. The van der Waals surface area contributed by atoms with E-state index in [1.807, 2.05) is 13.0 Å². The van der Waals surface area contributed by atoms with E-state index in [2.05, 4.69) is 5.32 Å². The highest BCUT2D eigenvalue weighted by Gasteiger charge is 2.44. The number of hydrogen-bond acceptors (Lipinski definition) is 5. The van der Waals surface area contributed by atoms with E-state index in [1.165, 1.54) is 12.0 Å². The summed E-state index contributed by atoms with van der Waals surface area (Å²) < 4.78 is 10.7. The third kappa shape index (κ3) is 6.76. The number of thiocarbonyl (C=S) groups is 1. The van der Waals surface area contributed by atoms with Gasteiger partial charge in [-0.1, -0.05) is 40.9 Å². The standard InChI is InChI=1S/C28H26Cl3N3O4S/c1-3-38-21-9-6-19(7-10-21)32-26(35)16-24-27(36)34(20-8-11-25(37-2)23(31)15-20)28(39)33(24)13-12-17-4-5-18(29)14-22(17)30/h4-11,14-15,24H,3,12-13,16H2,1-2H3,(H,32,35)/t24-/m0/s1. The van der Waals surface area contributed by atoms with Crippen LogP contribution in [0.4, 0.5) is 11.4 Å². The maximum Gasteiger partial charge on any atom is 0.256 e. The first kappa shape index (κ1) is 29.0. The van der Waals surface area contributed by atoms with E-state index in [0.29, 0.717) is 57.5 Å². The topological polar surface area (TPSA) is 71.1 Å². The van der Waals surface area contributed by atoms with Gasteiger partial charge in [-0.2, -0.15) is 0 Å². The molecular weight excluding hydrogens is 581 g/mol. The van der Waals surface area contributed by atoms with Gasteiger partial charge in [-0.05, 0) is 85.7 Å². The summed E-state index contributed by atoms with van der Waals surface area (Å²) in [6.45, 7) is 2.80. The predicted molar refractivity (Wildman–Crippen MR) is 160 cm³/mol. The minimum atomic E-state index is -0.827. The van der Waals surface area contributed by atoms with Crippen molar-refractivity contribution in [3.8, 4) is 11.5 Å². The molecule has 1 N–H and O–H groups in total. The number of nitrogens with one attached hydrogen (secondary N) is 1. The predicted octanol–water partition coefficient (Wildman–Crippen LogP) is 6.63. The van der Waals surface area contributed by atoms with Crippen LogP contribution in [0.2, 0.25) is 15.1 Å². The van der Waals surface area contributed by atoms with Crippen molar-refractivity contribution in [2.75, 3.05) is 30.5 Å². The van der Waals surface area contributed by atoms with Gasteiger partial charge >= 0.3 is 0 Å². The van der Waals surface area contributed by atoms with Gasteiger partial charge in [-0.15, -0.1) is 0 Å². The first-order chi connectivity index (χ1) is 18.7. The summed E-state index contributed by atoms with van der Waals surface area (Å²) in [5.74, 6) is 0.515. The zero-order valence-electron chi connectivity index (χ0n) is 21.2. The Morgan fingerprint density at radius 1 is 1.03 bits per heavy atom. The summed E-state index contributed by atoms with van der Waals surface area (Å²) in [7, 11) is 1.51. The Kier molecular flexibility index (Phi) is 9.56. The Hall–Kier alpha value is -3.04. The number of anilines is 2. The SMILES string of the molecule is CCOc1ccc(NC(=O)C[C@H]2C(=O)N(c3ccc(OC)c(Cl)c3)C(=S)N2CCc2ccc(Cl)cc2Cl)cc1. The van der Waals surface area contributed by atoms with Crippen LogP contribution in [0.25, 0.3) is 0 Å². The number of ether oxygens (including phenoxy) is 2. The van der Waals surface area contributed by atoms with Crippen LogP contribution in [0.3, 0.4) is 0 Å². The molecule has 1 saturated heterocycles. The third-order valence-electron chi connectivity index (χ3n) is 6.18. The summed E-state index contributed by atoms with van der Waals surface area (Å²) in [6.07, 6.45) is 0.374. The van der Waals surface area contributed by atoms with Gasteiger partial charge in [0.25, 0.3) is 5.91 Å². The molecule has 7 nitrogen and oxygen atoms in total. The van der Waals surface area contributed by atoms with Gasteiger partial charge in [0.2, 0.25) is 5.91 Å². The van der Waals surface area contributed by atoms with E-state index < -0.39 is 6.04 Å². The van der Waals surface area contributed by atoms with Crippen LogP contribution in [0.5, 0.6) is 11.5 Å². The largest absolute Gasteiger partial charge is 0.495 e. The molecule has 3 aromatic carbocycles. The van der Waals surface area contributed by atoms with Crippen molar-refractivity contribution in [2.45, 2.75) is 25.8 Å². The van der Waals surface area contributed by atoms with Crippen LogP contribution in [0.1, 0.15) is 18.9 Å². The van der Waals surface area contributed by atoms with Crippen LogP contribution in [0.15, 0.2) is 60.7 Å². The highest BCUT2D eigenvalue weighted by molar-refractivity contribution is 7.80.